The summed E-state index contributed by atoms with van der Waals surface area (Å²) in [6.45, 7) is 0. The maximum atomic E-state index is 10.2. The van der Waals surface area contributed by atoms with Gasteiger partial charge in [-0.05, 0) is 0 Å². The first-order chi connectivity index (χ1) is 12.0. The van der Waals surface area contributed by atoms with Gasteiger partial charge in [-0.2, -0.15) is 0 Å². The summed E-state index contributed by atoms with van der Waals surface area (Å²) in [6.07, 6.45) is 0. The Morgan fingerprint density at radius 3 is 0.179 bits per heavy atom. The summed E-state index contributed by atoms with van der Waals surface area (Å²) in [4.78, 5) is 152. The Hall–Kier alpha value is 5.77. The van der Waals surface area contributed by atoms with Crippen LogP contribution in [0.3, 0.4) is 0 Å². The third kappa shape index (κ3) is 2290. The molecule has 0 unspecified atom stereocenters. The van der Waals surface area contributed by atoms with E-state index in [4.69, 9.17) is 86.3 Å². The predicted octanol–water partition coefficient (Wildman–Crippen LogP) is -21.2. The van der Waals surface area contributed by atoms with E-state index in [-0.39, 0.29) is 175 Å². The Balaban J connectivity index is -0.0000000130. The molecule has 0 fully saturated rings. The van der Waals surface area contributed by atoms with Crippen LogP contribution in [-0.2, 0) is 175 Å². The van der Waals surface area contributed by atoms with Crippen molar-refractivity contribution in [3.63, 3.8) is 0 Å². The van der Waals surface area contributed by atoms with Crippen molar-refractivity contribution in [2.45, 2.75) is 0 Å². The molecule has 0 saturated carbocycles. The van der Waals surface area contributed by atoms with Crippen LogP contribution in [0.5, 0.6) is 0 Å². The largest absolute Gasteiger partial charge is 2.00 e. The van der Waals surface area contributed by atoms with Crippen LogP contribution in [0, 0.1) is 0 Å². The van der Waals surface area contributed by atoms with Crippen LogP contribution in [0.4, 0.5) is 24.6 Å². The van der Waals surface area contributed by atoms with Gasteiger partial charge in [0.05, 0.1) is 0 Å². The minimum absolute atomic E-state index is 0. The SMILES string of the molecule is [O-][Si]([O-])([O-])F.[O-][Si]([O-])([O-])F.[O-][Si]([O-])([O-])F.[O-][Si]([O-])([O-])F.[O-][Si]([O-])([O-])F.[O-][Si]([O-])([O-])F.[Zn+2].[Zn+2].[Zn+2].[Zn+2].[Zn+2].[Zn+2].[Zn+2].[Zn+2].[Zn+2]. The van der Waals surface area contributed by atoms with E-state index in [1.807, 2.05) is 0 Å². The second-order valence-electron chi connectivity index (χ2n) is 2.89. The van der Waals surface area contributed by atoms with Crippen molar-refractivity contribution in [1.82, 2.24) is 0 Å². The zero-order valence-electron chi connectivity index (χ0n) is 19.0. The molecule has 192 valence electrons. The van der Waals surface area contributed by atoms with Crippen molar-refractivity contribution in [3.05, 3.63) is 0 Å². The Morgan fingerprint density at radius 2 is 0.179 bits per heavy atom. The molecule has 0 rings (SSSR count). The Bertz CT molecular complexity index is 258. The van der Waals surface area contributed by atoms with Crippen molar-refractivity contribution in [2.24, 2.45) is 0 Å². The molecule has 0 aromatic heterocycles. The molecule has 0 atom stereocenters. The predicted molar refractivity (Wildman–Crippen MR) is 41.2 cm³/mol. The maximum absolute atomic E-state index is 10.2. The van der Waals surface area contributed by atoms with Crippen LogP contribution in [0.25, 0.3) is 0 Å². The van der Waals surface area contributed by atoms with Crippen molar-refractivity contribution in [2.75, 3.05) is 0 Å². The topological polar surface area (TPSA) is 415 Å². The average Bonchev–Trinajstić information content (AvgIpc) is 1.94. The van der Waals surface area contributed by atoms with Crippen LogP contribution in [0.2, 0.25) is 0 Å². The minimum Gasteiger partial charge on any atom is -0.857 e. The summed E-state index contributed by atoms with van der Waals surface area (Å²) >= 11 is 0. The van der Waals surface area contributed by atoms with Gasteiger partial charge in [0.15, 0.2) is 0 Å². The van der Waals surface area contributed by atoms with Gasteiger partial charge < -0.3 is 111 Å². The molecule has 39 heavy (non-hydrogen) atoms. The molecular weight excluding hydrogens is 1160 g/mol. The van der Waals surface area contributed by atoms with Gasteiger partial charge in [-0.1, -0.05) is 54.8 Å². The van der Waals surface area contributed by atoms with Gasteiger partial charge in [-0.3, -0.25) is 0 Å². The average molecular weight is 1160 g/mol. The van der Waals surface area contributed by atoms with Gasteiger partial charge in [0.2, 0.25) is 0 Å². The van der Waals surface area contributed by atoms with Crippen LogP contribution in [0.15, 0.2) is 0 Å². The molecule has 0 aliphatic rings. The van der Waals surface area contributed by atoms with E-state index in [0.717, 1.165) is 0 Å². The first-order valence-electron chi connectivity index (χ1n) is 4.81. The Morgan fingerprint density at radius 1 is 0.179 bits per heavy atom. The molecule has 0 amide bonds. The van der Waals surface area contributed by atoms with Crippen LogP contribution < -0.4 is 86.3 Å². The van der Waals surface area contributed by atoms with Crippen LogP contribution >= 0.6 is 0 Å². The van der Waals surface area contributed by atoms with E-state index < -0.39 is 54.8 Å². The standard InChI is InChI=1S/6FO3Si.9Zn/c6*1-5(2,3)4;;;;;;;;;/q6*-3;9*+2. The van der Waals surface area contributed by atoms with E-state index in [0.29, 0.717) is 0 Å². The zero-order valence-corrected chi connectivity index (χ0v) is 51.7. The summed E-state index contributed by atoms with van der Waals surface area (Å²) < 4.78 is 61.0. The molecular formula is F6O18Si6Zn9. The van der Waals surface area contributed by atoms with Gasteiger partial charge in [-0.25, -0.2) is 0 Å². The van der Waals surface area contributed by atoms with Gasteiger partial charge in [-0.15, -0.1) is 0 Å². The maximum Gasteiger partial charge on any atom is 2.00 e. The molecule has 0 aromatic rings. The monoisotopic (exact) mass is 1150 g/mol. The van der Waals surface area contributed by atoms with Crippen LogP contribution in [-0.4, -0.2) is 54.8 Å². The molecule has 0 saturated heterocycles. The first kappa shape index (κ1) is 96.8. The molecule has 0 aromatic carbocycles. The molecule has 0 bridgehead atoms. The first-order valence-corrected chi connectivity index (χ1v) is 14.4. The summed E-state index contributed by atoms with van der Waals surface area (Å²) in [5.74, 6) is 0. The van der Waals surface area contributed by atoms with Crippen LogP contribution in [0.1, 0.15) is 0 Å². The van der Waals surface area contributed by atoms with E-state index in [2.05, 4.69) is 0 Å². The minimum atomic E-state index is -5.86. The summed E-state index contributed by atoms with van der Waals surface area (Å²) in [5, 5.41) is 0. The molecule has 0 heterocycles. The number of rotatable bonds is 0. The zero-order chi connectivity index (χ0) is 27.0. The molecule has 0 radical (unpaired) electrons. The molecule has 39 heteroatoms. The Kier molecular flexibility index (Phi) is 114. The summed E-state index contributed by atoms with van der Waals surface area (Å²) in [6, 6.07) is 0. The quantitative estimate of drug-likeness (QED) is 0.123. The van der Waals surface area contributed by atoms with Gasteiger partial charge in [0.25, 0.3) is 0 Å². The third-order valence-electron chi connectivity index (χ3n) is 0. The van der Waals surface area contributed by atoms with Crippen molar-refractivity contribution in [3.8, 4) is 0 Å². The summed E-state index contributed by atoms with van der Waals surface area (Å²) in [7, 11) is -35.2. The molecule has 0 aliphatic carbocycles. The smallest absolute Gasteiger partial charge is 0.857 e. The van der Waals surface area contributed by atoms with Gasteiger partial charge >= 0.3 is 175 Å². The van der Waals surface area contributed by atoms with E-state index >= 15 is 0 Å². The van der Waals surface area contributed by atoms with Gasteiger partial charge in [0, 0.05) is 0 Å². The second kappa shape index (κ2) is 45.9. The second-order valence-corrected chi connectivity index (χ2v) is 8.67. The fraction of sp³-hybridized carbons (Fsp3) is 0. The van der Waals surface area contributed by atoms with Crippen molar-refractivity contribution < 1.29 is 286 Å². The molecule has 18 nitrogen and oxygen atoms in total. The van der Waals surface area contributed by atoms with Crippen molar-refractivity contribution in [1.29, 1.82) is 0 Å². The molecule has 0 N–H and O–H groups in total. The molecule has 0 aliphatic heterocycles. The van der Waals surface area contributed by atoms with Gasteiger partial charge in [0.1, 0.15) is 0 Å². The fourth-order valence-electron chi connectivity index (χ4n) is 0. The third-order valence-corrected chi connectivity index (χ3v) is 0. The van der Waals surface area contributed by atoms with E-state index in [9.17, 15) is 24.6 Å². The number of halogens is 6. The normalized spacial score (nSPS) is 9.23. The Labute approximate surface area is 336 Å². The summed E-state index contributed by atoms with van der Waals surface area (Å²) in [5.41, 5.74) is 0. The molecule has 0 spiro atoms. The number of hydrogen-bond donors (Lipinski definition) is 0. The van der Waals surface area contributed by atoms with E-state index in [1.165, 1.54) is 0 Å². The fourth-order valence-corrected chi connectivity index (χ4v) is 0. The number of hydrogen-bond acceptors (Lipinski definition) is 18. The van der Waals surface area contributed by atoms with Crippen molar-refractivity contribution >= 4 is 54.8 Å². The van der Waals surface area contributed by atoms with E-state index in [1.54, 1.807) is 0 Å².